The van der Waals surface area contributed by atoms with E-state index in [9.17, 15) is 14.4 Å². The number of nitrogens with zero attached hydrogens (tertiary/aromatic N) is 1. The molecule has 1 aliphatic rings. The molecule has 0 N–H and O–H groups in total. The normalized spacial score (nSPS) is 18.6. The maximum absolute atomic E-state index is 13.3. The molecule has 0 aliphatic carbocycles. The molecule has 2 unspecified atom stereocenters. The highest BCUT2D eigenvalue weighted by molar-refractivity contribution is 6.05. The summed E-state index contributed by atoms with van der Waals surface area (Å²) in [5.41, 5.74) is 1.76. The van der Waals surface area contributed by atoms with Crippen LogP contribution in [-0.2, 0) is 0 Å². The smallest absolute Gasteiger partial charge is 0.254 e. The van der Waals surface area contributed by atoms with E-state index in [2.05, 4.69) is 0 Å². The Balaban J connectivity index is 1.63. The van der Waals surface area contributed by atoms with Gasteiger partial charge < -0.3 is 4.90 Å². The fourth-order valence-electron chi connectivity index (χ4n) is 4.07. The number of likely N-dealkylation sites (tertiary alicyclic amines) is 1. The van der Waals surface area contributed by atoms with Crippen LogP contribution in [0.25, 0.3) is 0 Å². The third-order valence-electron chi connectivity index (χ3n) is 5.67. The van der Waals surface area contributed by atoms with Gasteiger partial charge in [0.15, 0.2) is 11.6 Å². The lowest BCUT2D eigenvalue weighted by atomic mass is 9.82. The number of amides is 1. The van der Waals surface area contributed by atoms with Gasteiger partial charge in [-0.2, -0.15) is 0 Å². The molecule has 1 aliphatic heterocycles. The number of rotatable bonds is 5. The summed E-state index contributed by atoms with van der Waals surface area (Å²) in [6, 6.07) is 26.5. The molecule has 0 bridgehead atoms. The minimum atomic E-state index is -0.661. The Labute approximate surface area is 176 Å². The predicted molar refractivity (Wildman–Crippen MR) is 116 cm³/mol. The number of hydrogen-bond donors (Lipinski definition) is 0. The van der Waals surface area contributed by atoms with Gasteiger partial charge >= 0.3 is 0 Å². The average molecular weight is 397 g/mol. The number of ketones is 2. The van der Waals surface area contributed by atoms with Crippen LogP contribution in [0, 0.1) is 5.92 Å². The van der Waals surface area contributed by atoms with E-state index in [-0.39, 0.29) is 23.4 Å². The highest BCUT2D eigenvalue weighted by Gasteiger charge is 2.39. The Morgan fingerprint density at radius 2 is 1.10 bits per heavy atom. The molecule has 0 aromatic heterocycles. The van der Waals surface area contributed by atoms with Crippen molar-refractivity contribution in [3.05, 3.63) is 108 Å². The Bertz CT molecular complexity index is 1030. The number of Topliss-reactive ketones (excluding diaryl/α,β-unsaturated/α-hetero) is 2. The van der Waals surface area contributed by atoms with Crippen LogP contribution >= 0.6 is 0 Å². The Morgan fingerprint density at radius 3 is 1.63 bits per heavy atom. The lowest BCUT2D eigenvalue weighted by Crippen LogP contribution is -2.51. The quantitative estimate of drug-likeness (QED) is 0.588. The van der Waals surface area contributed by atoms with Crippen LogP contribution in [0.4, 0.5) is 0 Å². The average Bonchev–Trinajstić information content (AvgIpc) is 2.84. The van der Waals surface area contributed by atoms with Gasteiger partial charge in [0.25, 0.3) is 5.91 Å². The van der Waals surface area contributed by atoms with E-state index < -0.39 is 6.04 Å². The van der Waals surface area contributed by atoms with Crippen molar-refractivity contribution < 1.29 is 14.4 Å². The Morgan fingerprint density at radius 1 is 0.633 bits per heavy atom. The van der Waals surface area contributed by atoms with Crippen LogP contribution in [0.5, 0.6) is 0 Å². The molecule has 150 valence electrons. The number of carbonyl (C=O) groups excluding carboxylic acids is 3. The third-order valence-corrected chi connectivity index (χ3v) is 5.67. The van der Waals surface area contributed by atoms with Gasteiger partial charge in [-0.1, -0.05) is 78.9 Å². The van der Waals surface area contributed by atoms with Gasteiger partial charge in [0.1, 0.15) is 0 Å². The highest BCUT2D eigenvalue weighted by Crippen LogP contribution is 2.29. The molecule has 30 heavy (non-hydrogen) atoms. The van der Waals surface area contributed by atoms with Crippen molar-refractivity contribution in [3.8, 4) is 0 Å². The topological polar surface area (TPSA) is 54.5 Å². The van der Waals surface area contributed by atoms with Gasteiger partial charge in [-0.3, -0.25) is 14.4 Å². The zero-order valence-corrected chi connectivity index (χ0v) is 16.6. The minimum Gasteiger partial charge on any atom is -0.328 e. The molecule has 2 atom stereocenters. The summed E-state index contributed by atoms with van der Waals surface area (Å²) in [5, 5.41) is 0. The molecular formula is C26H23NO3. The van der Waals surface area contributed by atoms with E-state index in [1.54, 1.807) is 41.3 Å². The maximum Gasteiger partial charge on any atom is 0.254 e. The van der Waals surface area contributed by atoms with Gasteiger partial charge in [-0.25, -0.2) is 0 Å². The SMILES string of the molecule is O=C(c1ccccc1)C1CCN(C(=O)c2ccccc2)C(C(=O)c2ccccc2)C1. The summed E-state index contributed by atoms with van der Waals surface area (Å²) in [6.07, 6.45) is 0.880. The van der Waals surface area contributed by atoms with Gasteiger partial charge in [0.05, 0.1) is 6.04 Å². The zero-order valence-electron chi connectivity index (χ0n) is 16.6. The molecule has 1 amide bonds. The van der Waals surface area contributed by atoms with Crippen LogP contribution in [-0.4, -0.2) is 35.0 Å². The molecule has 0 radical (unpaired) electrons. The van der Waals surface area contributed by atoms with Gasteiger partial charge in [0, 0.05) is 29.2 Å². The van der Waals surface area contributed by atoms with Crippen molar-refractivity contribution in [1.82, 2.24) is 4.90 Å². The predicted octanol–water partition coefficient (Wildman–Crippen LogP) is 4.67. The molecule has 1 saturated heterocycles. The van der Waals surface area contributed by atoms with E-state index >= 15 is 0 Å². The minimum absolute atomic E-state index is 0.0354. The van der Waals surface area contributed by atoms with Crippen LogP contribution < -0.4 is 0 Å². The molecule has 3 aromatic rings. The first-order valence-electron chi connectivity index (χ1n) is 10.2. The van der Waals surface area contributed by atoms with E-state index in [4.69, 9.17) is 0 Å². The Hall–Kier alpha value is -3.53. The van der Waals surface area contributed by atoms with E-state index in [1.807, 2.05) is 54.6 Å². The van der Waals surface area contributed by atoms with Crippen LogP contribution in [0.3, 0.4) is 0 Å². The summed E-state index contributed by atoms with van der Waals surface area (Å²) >= 11 is 0. The maximum atomic E-state index is 13.3. The van der Waals surface area contributed by atoms with E-state index in [0.717, 1.165) is 0 Å². The number of piperidine rings is 1. The number of carbonyl (C=O) groups is 3. The number of benzene rings is 3. The first-order chi connectivity index (χ1) is 14.6. The molecule has 1 heterocycles. The second-order valence-corrected chi connectivity index (χ2v) is 7.56. The van der Waals surface area contributed by atoms with Crippen LogP contribution in [0.15, 0.2) is 91.0 Å². The van der Waals surface area contributed by atoms with Crippen molar-refractivity contribution >= 4 is 17.5 Å². The lowest BCUT2D eigenvalue weighted by Gasteiger charge is -2.38. The molecule has 3 aromatic carbocycles. The summed E-state index contributed by atoms with van der Waals surface area (Å²) in [6.45, 7) is 0.375. The van der Waals surface area contributed by atoms with Gasteiger partial charge in [0.2, 0.25) is 0 Å². The first kappa shape index (κ1) is 19.8. The van der Waals surface area contributed by atoms with Crippen molar-refractivity contribution in [2.24, 2.45) is 5.92 Å². The molecule has 4 nitrogen and oxygen atoms in total. The largest absolute Gasteiger partial charge is 0.328 e. The summed E-state index contributed by atoms with van der Waals surface area (Å²) in [7, 11) is 0. The van der Waals surface area contributed by atoms with E-state index in [1.165, 1.54) is 0 Å². The van der Waals surface area contributed by atoms with Crippen LogP contribution in [0.2, 0.25) is 0 Å². The lowest BCUT2D eigenvalue weighted by molar-refractivity contribution is 0.0469. The molecule has 4 rings (SSSR count). The molecule has 0 saturated carbocycles. The van der Waals surface area contributed by atoms with Crippen LogP contribution in [0.1, 0.15) is 43.9 Å². The second kappa shape index (κ2) is 8.87. The Kier molecular flexibility index (Phi) is 5.84. The van der Waals surface area contributed by atoms with Gasteiger partial charge in [-0.15, -0.1) is 0 Å². The van der Waals surface area contributed by atoms with Gasteiger partial charge in [-0.05, 0) is 25.0 Å². The zero-order chi connectivity index (χ0) is 20.9. The number of hydrogen-bond acceptors (Lipinski definition) is 3. The van der Waals surface area contributed by atoms with Crippen molar-refractivity contribution in [3.63, 3.8) is 0 Å². The second-order valence-electron chi connectivity index (χ2n) is 7.56. The van der Waals surface area contributed by atoms with E-state index in [0.29, 0.717) is 36.1 Å². The fraction of sp³-hybridized carbons (Fsp3) is 0.192. The summed E-state index contributed by atoms with van der Waals surface area (Å²) in [4.78, 5) is 41.2. The summed E-state index contributed by atoms with van der Waals surface area (Å²) < 4.78 is 0. The van der Waals surface area contributed by atoms with Crippen molar-refractivity contribution in [1.29, 1.82) is 0 Å². The fourth-order valence-corrected chi connectivity index (χ4v) is 4.07. The summed E-state index contributed by atoms with van der Waals surface area (Å²) in [5.74, 6) is -0.543. The molecule has 0 spiro atoms. The van der Waals surface area contributed by atoms with Crippen molar-refractivity contribution in [2.45, 2.75) is 18.9 Å². The highest BCUT2D eigenvalue weighted by atomic mass is 16.2. The molecule has 1 fully saturated rings. The molecule has 4 heteroatoms. The first-order valence-corrected chi connectivity index (χ1v) is 10.2. The third kappa shape index (κ3) is 4.08. The molecular weight excluding hydrogens is 374 g/mol. The standard InChI is InChI=1S/C26H23NO3/c28-24(19-10-4-1-5-11-19)22-16-17-27(26(30)21-14-8-3-9-15-21)23(18-22)25(29)20-12-6-2-7-13-20/h1-15,22-23H,16-18H2. The van der Waals surface area contributed by atoms with Crippen molar-refractivity contribution in [2.75, 3.05) is 6.54 Å². The monoisotopic (exact) mass is 397 g/mol.